The van der Waals surface area contributed by atoms with Crippen LogP contribution in [0.2, 0.25) is 0 Å². The van der Waals surface area contributed by atoms with Crippen LogP contribution in [-0.2, 0) is 0 Å². The first-order chi connectivity index (χ1) is 8.45. The van der Waals surface area contributed by atoms with Crippen LogP contribution in [0.5, 0.6) is 11.5 Å². The van der Waals surface area contributed by atoms with E-state index < -0.39 is 17.5 Å². The summed E-state index contributed by atoms with van der Waals surface area (Å²) in [6.45, 7) is 0. The summed E-state index contributed by atoms with van der Waals surface area (Å²) in [5.74, 6) is -2.05. The molecule has 0 aliphatic carbocycles. The van der Waals surface area contributed by atoms with Crippen LogP contribution in [0.1, 0.15) is 0 Å². The monoisotopic (exact) mass is 317 g/mol. The van der Waals surface area contributed by atoms with E-state index in [9.17, 15) is 13.2 Å². The maximum atomic E-state index is 13.1. The van der Waals surface area contributed by atoms with Gasteiger partial charge in [-0.25, -0.2) is 13.2 Å². The number of hydrogen-bond acceptors (Lipinski definition) is 2. The zero-order valence-electron chi connectivity index (χ0n) is 8.88. The lowest BCUT2D eigenvalue weighted by Crippen LogP contribution is -1.95. The highest BCUT2D eigenvalue weighted by Gasteiger charge is 2.09. The summed E-state index contributed by atoms with van der Waals surface area (Å²) in [5, 5.41) is 0. The van der Waals surface area contributed by atoms with Gasteiger partial charge in [0.2, 0.25) is 0 Å². The SMILES string of the molecule is Nc1cc(F)c(Br)cc1Oc1cc(F)cc(F)c1. The van der Waals surface area contributed by atoms with Gasteiger partial charge in [-0.15, -0.1) is 0 Å². The topological polar surface area (TPSA) is 35.2 Å². The predicted octanol–water partition coefficient (Wildman–Crippen LogP) is 4.24. The van der Waals surface area contributed by atoms with Gasteiger partial charge in [0.25, 0.3) is 0 Å². The molecule has 2 aromatic rings. The Morgan fingerprint density at radius 3 is 2.17 bits per heavy atom. The zero-order valence-corrected chi connectivity index (χ0v) is 10.5. The number of ether oxygens (including phenoxy) is 1. The zero-order chi connectivity index (χ0) is 13.3. The summed E-state index contributed by atoms with van der Waals surface area (Å²) in [6.07, 6.45) is 0. The second kappa shape index (κ2) is 4.89. The largest absolute Gasteiger partial charge is 0.455 e. The fraction of sp³-hybridized carbons (Fsp3) is 0. The van der Waals surface area contributed by atoms with Gasteiger partial charge >= 0.3 is 0 Å². The number of nitrogen functional groups attached to an aromatic ring is 1. The minimum atomic E-state index is -0.773. The third kappa shape index (κ3) is 2.76. The molecule has 0 amide bonds. The van der Waals surface area contributed by atoms with E-state index in [1.807, 2.05) is 0 Å². The minimum Gasteiger partial charge on any atom is -0.455 e. The van der Waals surface area contributed by atoms with E-state index in [4.69, 9.17) is 10.5 Å². The number of benzene rings is 2. The molecule has 0 fully saturated rings. The molecule has 94 valence electrons. The van der Waals surface area contributed by atoms with Crippen molar-refractivity contribution in [1.29, 1.82) is 0 Å². The Labute approximate surface area is 109 Å². The average Bonchev–Trinajstić information content (AvgIpc) is 2.24. The van der Waals surface area contributed by atoms with Crippen LogP contribution < -0.4 is 10.5 Å². The molecule has 2 nitrogen and oxygen atoms in total. The lowest BCUT2D eigenvalue weighted by molar-refractivity contribution is 0.468. The van der Waals surface area contributed by atoms with Crippen molar-refractivity contribution < 1.29 is 17.9 Å². The Balaban J connectivity index is 2.36. The Kier molecular flexibility index (Phi) is 3.47. The number of hydrogen-bond donors (Lipinski definition) is 1. The van der Waals surface area contributed by atoms with Gasteiger partial charge in [-0.2, -0.15) is 0 Å². The lowest BCUT2D eigenvalue weighted by Gasteiger charge is -2.09. The molecule has 2 rings (SSSR count). The third-order valence-corrected chi connectivity index (χ3v) is 2.72. The molecule has 2 aromatic carbocycles. The Morgan fingerprint density at radius 1 is 0.944 bits per heavy atom. The summed E-state index contributed by atoms with van der Waals surface area (Å²) >= 11 is 2.96. The van der Waals surface area contributed by atoms with Gasteiger partial charge in [0.1, 0.15) is 23.2 Å². The molecule has 0 spiro atoms. The molecule has 6 heteroatoms. The summed E-state index contributed by atoms with van der Waals surface area (Å²) in [7, 11) is 0. The van der Waals surface area contributed by atoms with Gasteiger partial charge in [-0.05, 0) is 15.9 Å². The quantitative estimate of drug-likeness (QED) is 0.841. The Bertz CT molecular complexity index is 584. The van der Waals surface area contributed by atoms with Crippen molar-refractivity contribution in [1.82, 2.24) is 0 Å². The molecule has 0 aromatic heterocycles. The van der Waals surface area contributed by atoms with Gasteiger partial charge in [0.15, 0.2) is 5.75 Å². The first-order valence-corrected chi connectivity index (χ1v) is 5.63. The summed E-state index contributed by atoms with van der Waals surface area (Å²) in [4.78, 5) is 0. The van der Waals surface area contributed by atoms with E-state index in [0.29, 0.717) is 0 Å². The molecule has 18 heavy (non-hydrogen) atoms. The van der Waals surface area contributed by atoms with Gasteiger partial charge in [0, 0.05) is 30.3 Å². The summed E-state index contributed by atoms with van der Waals surface area (Å²) < 4.78 is 44.4. The van der Waals surface area contributed by atoms with Gasteiger partial charge in [-0.1, -0.05) is 0 Å². The average molecular weight is 318 g/mol. The van der Waals surface area contributed by atoms with Gasteiger partial charge < -0.3 is 10.5 Å². The molecule has 0 saturated heterocycles. The van der Waals surface area contributed by atoms with E-state index in [-0.39, 0.29) is 21.7 Å². The lowest BCUT2D eigenvalue weighted by atomic mass is 10.3. The van der Waals surface area contributed by atoms with Crippen LogP contribution in [0.15, 0.2) is 34.8 Å². The molecule has 0 radical (unpaired) electrons. The van der Waals surface area contributed by atoms with Crippen molar-refractivity contribution >= 4 is 21.6 Å². The van der Waals surface area contributed by atoms with Crippen molar-refractivity contribution in [2.75, 3.05) is 5.73 Å². The predicted molar refractivity (Wildman–Crippen MR) is 64.9 cm³/mol. The second-order valence-corrected chi connectivity index (χ2v) is 4.37. The molecular weight excluding hydrogens is 311 g/mol. The summed E-state index contributed by atoms with van der Waals surface area (Å²) in [5.41, 5.74) is 5.57. The normalized spacial score (nSPS) is 10.4. The van der Waals surface area contributed by atoms with Crippen molar-refractivity contribution in [3.05, 3.63) is 52.3 Å². The Morgan fingerprint density at radius 2 is 1.56 bits per heavy atom. The number of anilines is 1. The molecule has 0 heterocycles. The maximum absolute atomic E-state index is 13.1. The van der Waals surface area contributed by atoms with E-state index in [1.54, 1.807) is 0 Å². The molecule has 0 bridgehead atoms. The first kappa shape index (κ1) is 12.8. The van der Waals surface area contributed by atoms with Crippen molar-refractivity contribution in [3.8, 4) is 11.5 Å². The van der Waals surface area contributed by atoms with Crippen LogP contribution in [0.3, 0.4) is 0 Å². The second-order valence-electron chi connectivity index (χ2n) is 3.51. The highest BCUT2D eigenvalue weighted by atomic mass is 79.9. The number of nitrogens with two attached hydrogens (primary N) is 1. The molecule has 0 saturated carbocycles. The van der Waals surface area contributed by atoms with Crippen LogP contribution >= 0.6 is 15.9 Å². The maximum Gasteiger partial charge on any atom is 0.151 e. The van der Waals surface area contributed by atoms with Crippen LogP contribution in [0, 0.1) is 17.5 Å². The van der Waals surface area contributed by atoms with E-state index in [1.165, 1.54) is 6.07 Å². The smallest absolute Gasteiger partial charge is 0.151 e. The van der Waals surface area contributed by atoms with Gasteiger partial charge in [0.05, 0.1) is 10.2 Å². The van der Waals surface area contributed by atoms with Crippen molar-refractivity contribution in [2.24, 2.45) is 0 Å². The number of rotatable bonds is 2. The first-order valence-electron chi connectivity index (χ1n) is 4.84. The molecule has 2 N–H and O–H groups in total. The minimum absolute atomic E-state index is 0.0281. The van der Waals surface area contributed by atoms with Crippen LogP contribution in [0.25, 0.3) is 0 Å². The Hall–Kier alpha value is -1.69. The van der Waals surface area contributed by atoms with Crippen LogP contribution in [-0.4, -0.2) is 0 Å². The molecule has 0 atom stereocenters. The molecule has 0 aliphatic rings. The van der Waals surface area contributed by atoms with Crippen molar-refractivity contribution in [2.45, 2.75) is 0 Å². The van der Waals surface area contributed by atoms with E-state index in [2.05, 4.69) is 15.9 Å². The molecule has 0 aliphatic heterocycles. The van der Waals surface area contributed by atoms with Crippen molar-refractivity contribution in [3.63, 3.8) is 0 Å². The van der Waals surface area contributed by atoms with Crippen LogP contribution in [0.4, 0.5) is 18.9 Å². The fourth-order valence-electron chi connectivity index (χ4n) is 1.35. The van der Waals surface area contributed by atoms with E-state index in [0.717, 1.165) is 24.3 Å². The third-order valence-electron chi connectivity index (χ3n) is 2.12. The molecular formula is C12H7BrF3NO. The summed E-state index contributed by atoms with van der Waals surface area (Å²) in [6, 6.07) is 5.05. The van der Waals surface area contributed by atoms with Gasteiger partial charge in [-0.3, -0.25) is 0 Å². The highest BCUT2D eigenvalue weighted by Crippen LogP contribution is 2.32. The standard InChI is InChI=1S/C12H7BrF3NO/c13-9-4-12(11(17)5-10(9)16)18-8-2-6(14)1-7(15)3-8/h1-5H,17H2. The molecule has 0 unspecified atom stereocenters. The fourth-order valence-corrected chi connectivity index (χ4v) is 1.67. The number of halogens is 4. The van der Waals surface area contributed by atoms with E-state index >= 15 is 0 Å². The highest BCUT2D eigenvalue weighted by molar-refractivity contribution is 9.10.